The number of alkyl halides is 3. The molecule has 0 amide bonds. The van der Waals surface area contributed by atoms with E-state index in [1.54, 1.807) is 0 Å². The Hall–Kier alpha value is -2.16. The maximum atomic E-state index is 13.8. The van der Waals surface area contributed by atoms with Gasteiger partial charge in [0.05, 0.1) is 0 Å². The monoisotopic (exact) mass is 393 g/mol. The van der Waals surface area contributed by atoms with Crippen LogP contribution in [0.15, 0.2) is 42.5 Å². The number of rotatable bonds is 4. The second-order valence-electron chi connectivity index (χ2n) is 6.78. The number of aryl methyl sites for hydroxylation is 1. The zero-order valence-corrected chi connectivity index (χ0v) is 15.5. The Labute approximate surface area is 161 Å². The molecule has 0 heterocycles. The lowest BCUT2D eigenvalue weighted by Gasteiger charge is -2.28. The Morgan fingerprint density at radius 1 is 1.15 bits per heavy atom. The zero-order chi connectivity index (χ0) is 19.7. The van der Waals surface area contributed by atoms with E-state index in [1.165, 1.54) is 12.1 Å². The lowest BCUT2D eigenvalue weighted by Crippen LogP contribution is -2.41. The summed E-state index contributed by atoms with van der Waals surface area (Å²) in [5.74, 6) is 4.53. The Balaban J connectivity index is 1.96. The molecule has 3 rings (SSSR count). The minimum atomic E-state index is -4.96. The van der Waals surface area contributed by atoms with Crippen LogP contribution in [0.2, 0.25) is 5.02 Å². The summed E-state index contributed by atoms with van der Waals surface area (Å²) < 4.78 is 41.3. The molecule has 1 fully saturated rings. The fourth-order valence-corrected chi connectivity index (χ4v) is 2.77. The molecule has 0 saturated heterocycles. The highest BCUT2D eigenvalue weighted by molar-refractivity contribution is 6.30. The first kappa shape index (κ1) is 19.6. The van der Waals surface area contributed by atoms with Crippen LogP contribution in [0.5, 0.6) is 0 Å². The lowest BCUT2D eigenvalue weighted by atomic mass is 9.91. The fourth-order valence-electron chi connectivity index (χ4n) is 2.60. The summed E-state index contributed by atoms with van der Waals surface area (Å²) in [5, 5.41) is 13.6. The highest BCUT2D eigenvalue weighted by Gasteiger charge is 2.55. The van der Waals surface area contributed by atoms with Crippen LogP contribution in [0.1, 0.15) is 29.5 Å². The van der Waals surface area contributed by atoms with Crippen molar-refractivity contribution in [3.63, 3.8) is 0 Å². The molecule has 1 aliphatic rings. The molecule has 0 spiro atoms. The van der Waals surface area contributed by atoms with E-state index in [0.717, 1.165) is 30.0 Å². The molecule has 142 valence electrons. The first-order chi connectivity index (χ1) is 12.7. The van der Waals surface area contributed by atoms with Gasteiger partial charge in [-0.15, -0.1) is 0 Å². The molecule has 1 atom stereocenters. The van der Waals surface area contributed by atoms with Crippen LogP contribution in [0.25, 0.3) is 0 Å². The van der Waals surface area contributed by atoms with Crippen molar-refractivity contribution in [2.75, 3.05) is 5.32 Å². The predicted molar refractivity (Wildman–Crippen MR) is 100 cm³/mol. The third-order valence-electron chi connectivity index (χ3n) is 4.42. The van der Waals surface area contributed by atoms with E-state index >= 15 is 0 Å². The van der Waals surface area contributed by atoms with E-state index in [0.29, 0.717) is 6.54 Å². The number of hydrogen-bond donors (Lipinski definition) is 2. The molecule has 0 unspecified atom stereocenters. The average Bonchev–Trinajstić information content (AvgIpc) is 3.43. The number of halogens is 4. The van der Waals surface area contributed by atoms with E-state index in [1.807, 2.05) is 31.2 Å². The summed E-state index contributed by atoms with van der Waals surface area (Å²) in [7, 11) is 0. The van der Waals surface area contributed by atoms with Crippen LogP contribution in [-0.4, -0.2) is 11.3 Å². The second-order valence-corrected chi connectivity index (χ2v) is 7.22. The Kier molecular flexibility index (Phi) is 5.41. The molecule has 27 heavy (non-hydrogen) atoms. The molecule has 0 bridgehead atoms. The molecule has 2 nitrogen and oxygen atoms in total. The molecular weight excluding hydrogens is 375 g/mol. The number of anilines is 1. The lowest BCUT2D eigenvalue weighted by molar-refractivity contribution is -0.240. The quantitative estimate of drug-likeness (QED) is 0.679. The van der Waals surface area contributed by atoms with Gasteiger partial charge in [-0.2, -0.15) is 13.2 Å². The van der Waals surface area contributed by atoms with Gasteiger partial charge in [-0.1, -0.05) is 53.3 Å². The van der Waals surface area contributed by atoms with Crippen molar-refractivity contribution in [1.29, 1.82) is 0 Å². The van der Waals surface area contributed by atoms with Crippen molar-refractivity contribution >= 4 is 17.3 Å². The molecule has 1 aliphatic carbocycles. The number of nitrogens with one attached hydrogen (secondary N) is 1. The van der Waals surface area contributed by atoms with Crippen molar-refractivity contribution in [1.82, 2.24) is 0 Å². The van der Waals surface area contributed by atoms with Crippen molar-refractivity contribution in [2.24, 2.45) is 5.92 Å². The van der Waals surface area contributed by atoms with Gasteiger partial charge in [-0.05, 0) is 43.5 Å². The molecule has 2 aromatic carbocycles. The average molecular weight is 394 g/mol. The van der Waals surface area contributed by atoms with Crippen LogP contribution in [0.4, 0.5) is 18.9 Å². The molecule has 0 aliphatic heterocycles. The Bertz CT molecular complexity index is 879. The first-order valence-electron chi connectivity index (χ1n) is 8.60. The van der Waals surface area contributed by atoms with E-state index in [4.69, 9.17) is 11.6 Å². The Morgan fingerprint density at radius 2 is 1.81 bits per heavy atom. The largest absolute Gasteiger partial charge is 0.433 e. The standard InChI is InChI=1S/C21H19ClF3NO/c1-14-2-4-16(5-3-14)13-26-19-9-8-17(22)12-18(19)20(27,21(23,24)25)11-10-15-6-7-15/h2-5,8-9,12,15,26-27H,6-7,13H2,1H3/t20-/m0/s1. The summed E-state index contributed by atoms with van der Waals surface area (Å²) in [6.07, 6.45) is -3.44. The smallest absolute Gasteiger partial charge is 0.381 e. The fraction of sp³-hybridized carbons (Fsp3) is 0.333. The number of benzene rings is 2. The van der Waals surface area contributed by atoms with Gasteiger partial charge in [-0.3, -0.25) is 0 Å². The van der Waals surface area contributed by atoms with Crippen molar-refractivity contribution in [3.8, 4) is 11.8 Å². The highest BCUT2D eigenvalue weighted by Crippen LogP contribution is 2.43. The van der Waals surface area contributed by atoms with Crippen molar-refractivity contribution < 1.29 is 18.3 Å². The second kappa shape index (κ2) is 7.46. The van der Waals surface area contributed by atoms with Gasteiger partial charge in [0.15, 0.2) is 0 Å². The minimum Gasteiger partial charge on any atom is -0.381 e. The van der Waals surface area contributed by atoms with E-state index in [2.05, 4.69) is 17.2 Å². The molecule has 2 aromatic rings. The van der Waals surface area contributed by atoms with Gasteiger partial charge >= 0.3 is 6.18 Å². The van der Waals surface area contributed by atoms with E-state index in [-0.39, 0.29) is 22.2 Å². The number of hydrogen-bond acceptors (Lipinski definition) is 2. The molecule has 0 radical (unpaired) electrons. The van der Waals surface area contributed by atoms with Gasteiger partial charge < -0.3 is 10.4 Å². The SMILES string of the molecule is Cc1ccc(CNc2ccc(Cl)cc2[C@@](O)(C#CC2CC2)C(F)(F)F)cc1. The van der Waals surface area contributed by atoms with Gasteiger partial charge in [-0.25, -0.2) is 0 Å². The van der Waals surface area contributed by atoms with Gasteiger partial charge in [0, 0.05) is 28.7 Å². The highest BCUT2D eigenvalue weighted by atomic mass is 35.5. The van der Waals surface area contributed by atoms with Crippen LogP contribution in [-0.2, 0) is 12.1 Å². The van der Waals surface area contributed by atoms with E-state index in [9.17, 15) is 18.3 Å². The van der Waals surface area contributed by atoms with Crippen molar-refractivity contribution in [3.05, 3.63) is 64.2 Å². The third kappa shape index (κ3) is 4.58. The zero-order valence-electron chi connectivity index (χ0n) is 14.7. The van der Waals surface area contributed by atoms with Crippen molar-refractivity contribution in [2.45, 2.75) is 38.1 Å². The minimum absolute atomic E-state index is 0.0815. The normalized spacial score (nSPS) is 16.2. The maximum Gasteiger partial charge on any atom is 0.433 e. The maximum absolute atomic E-state index is 13.8. The summed E-state index contributed by atoms with van der Waals surface area (Å²) in [6, 6.07) is 11.7. The summed E-state index contributed by atoms with van der Waals surface area (Å²) in [4.78, 5) is 0. The third-order valence-corrected chi connectivity index (χ3v) is 4.65. The molecule has 0 aromatic heterocycles. The van der Waals surface area contributed by atoms with Gasteiger partial charge in [0.2, 0.25) is 5.60 Å². The summed E-state index contributed by atoms with van der Waals surface area (Å²) >= 11 is 5.93. The van der Waals surface area contributed by atoms with Gasteiger partial charge in [0.1, 0.15) is 0 Å². The molecule has 6 heteroatoms. The first-order valence-corrected chi connectivity index (χ1v) is 8.98. The van der Waals surface area contributed by atoms with Gasteiger partial charge in [0.25, 0.3) is 0 Å². The number of aliphatic hydroxyl groups is 1. The Morgan fingerprint density at radius 3 is 2.41 bits per heavy atom. The van der Waals surface area contributed by atoms with Crippen LogP contribution < -0.4 is 5.32 Å². The summed E-state index contributed by atoms with van der Waals surface area (Å²) in [6.45, 7) is 2.26. The van der Waals surface area contributed by atoms with Crippen LogP contribution >= 0.6 is 11.6 Å². The van der Waals surface area contributed by atoms with Crippen LogP contribution in [0, 0.1) is 24.7 Å². The molecule has 2 N–H and O–H groups in total. The topological polar surface area (TPSA) is 32.3 Å². The molecule has 1 saturated carbocycles. The molecular formula is C21H19ClF3NO. The summed E-state index contributed by atoms with van der Waals surface area (Å²) in [5.41, 5.74) is -1.53. The van der Waals surface area contributed by atoms with Crippen LogP contribution in [0.3, 0.4) is 0 Å². The van der Waals surface area contributed by atoms with E-state index < -0.39 is 11.8 Å². The predicted octanol–water partition coefficient (Wildman–Crippen LogP) is 5.42.